The minimum atomic E-state index is -0.543. The molecule has 1 aromatic heterocycles. The highest BCUT2D eigenvalue weighted by molar-refractivity contribution is 7.99. The van der Waals surface area contributed by atoms with Crippen LogP contribution in [0.1, 0.15) is 29.1 Å². The van der Waals surface area contributed by atoms with Gasteiger partial charge >= 0.3 is 0 Å². The molecule has 0 bridgehead atoms. The first-order valence-electron chi connectivity index (χ1n) is 8.80. The van der Waals surface area contributed by atoms with E-state index in [-0.39, 0.29) is 29.0 Å². The Kier molecular flexibility index (Phi) is 6.21. The van der Waals surface area contributed by atoms with Crippen molar-refractivity contribution in [1.82, 2.24) is 14.8 Å². The molecule has 3 aromatic rings. The standard InChI is InChI=1S/C20H20F2N4OS/c1-13(25(2)3)19-23-24-20(26(19)15-10-8-14(21)9-11-15)28-12-18(27)16-6-4-5-7-17(16)22/h4-11,13H,12H2,1-3H3/p+1/t13-/m1/s1. The molecule has 0 fully saturated rings. The number of ketones is 1. The van der Waals surface area contributed by atoms with Gasteiger partial charge in [-0.25, -0.2) is 8.78 Å². The van der Waals surface area contributed by atoms with Crippen LogP contribution in [-0.4, -0.2) is 40.4 Å². The Morgan fingerprint density at radius 3 is 2.43 bits per heavy atom. The maximum absolute atomic E-state index is 13.8. The van der Waals surface area contributed by atoms with Crippen LogP contribution in [0.4, 0.5) is 8.78 Å². The minimum Gasteiger partial charge on any atom is -0.331 e. The zero-order valence-electron chi connectivity index (χ0n) is 15.8. The number of carbonyl (C=O) groups is 1. The number of hydrogen-bond acceptors (Lipinski definition) is 4. The number of halogens is 2. The Hall–Kier alpha value is -2.58. The van der Waals surface area contributed by atoms with Gasteiger partial charge in [0, 0.05) is 5.69 Å². The first-order chi connectivity index (χ1) is 13.4. The second-order valence-corrected chi connectivity index (χ2v) is 7.59. The molecule has 0 saturated carbocycles. The van der Waals surface area contributed by atoms with Gasteiger partial charge in [-0.15, -0.1) is 10.2 Å². The van der Waals surface area contributed by atoms with Gasteiger partial charge in [-0.05, 0) is 43.3 Å². The normalized spacial score (nSPS) is 12.4. The highest BCUT2D eigenvalue weighted by Gasteiger charge is 2.24. The van der Waals surface area contributed by atoms with Crippen LogP contribution in [0.25, 0.3) is 5.69 Å². The van der Waals surface area contributed by atoms with Crippen molar-refractivity contribution in [3.05, 3.63) is 71.6 Å². The fraction of sp³-hybridized carbons (Fsp3) is 0.250. The largest absolute Gasteiger partial charge is 0.331 e. The first kappa shape index (κ1) is 20.2. The molecule has 28 heavy (non-hydrogen) atoms. The third-order valence-electron chi connectivity index (χ3n) is 4.50. The van der Waals surface area contributed by atoms with Crippen LogP contribution in [0.3, 0.4) is 0 Å². The second kappa shape index (κ2) is 8.62. The fourth-order valence-electron chi connectivity index (χ4n) is 2.64. The Bertz CT molecular complexity index is 973. The lowest BCUT2D eigenvalue weighted by Crippen LogP contribution is -3.05. The lowest BCUT2D eigenvalue weighted by Gasteiger charge is -2.18. The molecule has 1 atom stereocenters. The van der Waals surface area contributed by atoms with E-state index in [2.05, 4.69) is 10.2 Å². The van der Waals surface area contributed by atoms with E-state index in [1.807, 2.05) is 25.6 Å². The number of rotatable bonds is 7. The lowest BCUT2D eigenvalue weighted by atomic mass is 10.1. The van der Waals surface area contributed by atoms with E-state index in [9.17, 15) is 13.6 Å². The maximum atomic E-state index is 13.8. The molecule has 8 heteroatoms. The Labute approximate surface area is 166 Å². The quantitative estimate of drug-likeness (QED) is 0.487. The van der Waals surface area contributed by atoms with Gasteiger partial charge in [0.25, 0.3) is 0 Å². The number of benzene rings is 2. The highest BCUT2D eigenvalue weighted by atomic mass is 32.2. The Balaban J connectivity index is 1.91. The summed E-state index contributed by atoms with van der Waals surface area (Å²) in [7, 11) is 4.01. The van der Waals surface area contributed by atoms with Gasteiger partial charge in [0.05, 0.1) is 25.4 Å². The molecule has 2 aromatic carbocycles. The topological polar surface area (TPSA) is 52.2 Å². The third-order valence-corrected chi connectivity index (χ3v) is 5.43. The molecule has 0 saturated heterocycles. The predicted molar refractivity (Wildman–Crippen MR) is 104 cm³/mol. The molecular weight excluding hydrogens is 382 g/mol. The number of aromatic nitrogens is 3. The van der Waals surface area contributed by atoms with Crippen LogP contribution in [0.15, 0.2) is 53.7 Å². The molecule has 0 aliphatic rings. The van der Waals surface area contributed by atoms with Crippen molar-refractivity contribution in [2.24, 2.45) is 0 Å². The molecule has 1 heterocycles. The summed E-state index contributed by atoms with van der Waals surface area (Å²) in [5, 5.41) is 9.03. The third kappa shape index (κ3) is 4.28. The molecule has 5 nitrogen and oxygen atoms in total. The van der Waals surface area contributed by atoms with E-state index >= 15 is 0 Å². The maximum Gasteiger partial charge on any atom is 0.196 e. The van der Waals surface area contributed by atoms with Crippen molar-refractivity contribution in [2.45, 2.75) is 18.1 Å². The van der Waals surface area contributed by atoms with Gasteiger partial charge in [-0.2, -0.15) is 0 Å². The molecule has 0 radical (unpaired) electrons. The summed E-state index contributed by atoms with van der Waals surface area (Å²) in [6.45, 7) is 2.01. The number of quaternary nitrogens is 1. The number of carbonyl (C=O) groups excluding carboxylic acids is 1. The number of nitrogens with one attached hydrogen (secondary N) is 1. The van der Waals surface area contributed by atoms with Crippen LogP contribution < -0.4 is 4.90 Å². The smallest absolute Gasteiger partial charge is 0.196 e. The summed E-state index contributed by atoms with van der Waals surface area (Å²) in [5.41, 5.74) is 0.754. The average molecular weight is 403 g/mol. The first-order valence-corrected chi connectivity index (χ1v) is 9.79. The zero-order chi connectivity index (χ0) is 20.3. The summed E-state index contributed by atoms with van der Waals surface area (Å²) in [6, 6.07) is 11.9. The van der Waals surface area contributed by atoms with E-state index in [4.69, 9.17) is 0 Å². The fourth-order valence-corrected chi connectivity index (χ4v) is 3.48. The molecule has 0 amide bonds. The molecule has 0 spiro atoms. The van der Waals surface area contributed by atoms with Gasteiger partial charge < -0.3 is 4.90 Å². The zero-order valence-corrected chi connectivity index (χ0v) is 16.6. The molecule has 0 unspecified atom stereocenters. The molecule has 146 valence electrons. The van der Waals surface area contributed by atoms with Gasteiger partial charge in [-0.3, -0.25) is 9.36 Å². The number of thioether (sulfide) groups is 1. The van der Waals surface area contributed by atoms with Gasteiger partial charge in [-0.1, -0.05) is 23.9 Å². The van der Waals surface area contributed by atoms with E-state index in [0.717, 1.165) is 4.90 Å². The molecule has 0 aliphatic carbocycles. The van der Waals surface area contributed by atoms with Gasteiger partial charge in [0.15, 0.2) is 16.8 Å². The number of hydrogen-bond donors (Lipinski definition) is 1. The van der Waals surface area contributed by atoms with Crippen LogP contribution in [0.5, 0.6) is 0 Å². The van der Waals surface area contributed by atoms with Crippen molar-refractivity contribution in [1.29, 1.82) is 0 Å². The van der Waals surface area contributed by atoms with Crippen LogP contribution >= 0.6 is 11.8 Å². The minimum absolute atomic E-state index is 0.0173. The van der Waals surface area contributed by atoms with Crippen LogP contribution in [-0.2, 0) is 0 Å². The van der Waals surface area contributed by atoms with Gasteiger partial charge in [0.2, 0.25) is 0 Å². The number of nitrogens with zero attached hydrogens (tertiary/aromatic N) is 3. The van der Waals surface area contributed by atoms with Crippen molar-refractivity contribution in [2.75, 3.05) is 19.8 Å². The molecule has 0 aliphatic heterocycles. The highest BCUT2D eigenvalue weighted by Crippen LogP contribution is 2.25. The van der Waals surface area contributed by atoms with Gasteiger partial charge in [0.1, 0.15) is 17.7 Å². The predicted octanol–water partition coefficient (Wildman–Crippen LogP) is 2.73. The summed E-state index contributed by atoms with van der Waals surface area (Å²) in [4.78, 5) is 13.6. The molecule has 3 rings (SSSR count). The lowest BCUT2D eigenvalue weighted by molar-refractivity contribution is -0.890. The monoisotopic (exact) mass is 403 g/mol. The summed E-state index contributed by atoms with van der Waals surface area (Å²) >= 11 is 1.18. The van der Waals surface area contributed by atoms with Crippen molar-refractivity contribution in [3.8, 4) is 5.69 Å². The van der Waals surface area contributed by atoms with E-state index < -0.39 is 5.82 Å². The number of Topliss-reactive ketones (excluding diaryl/α,β-unsaturated/α-hetero) is 1. The van der Waals surface area contributed by atoms with E-state index in [1.165, 1.54) is 36.0 Å². The summed E-state index contributed by atoms with van der Waals surface area (Å²) < 4.78 is 29.0. The van der Waals surface area contributed by atoms with Crippen molar-refractivity contribution >= 4 is 17.5 Å². The molecule has 1 N–H and O–H groups in total. The van der Waals surface area contributed by atoms with Crippen molar-refractivity contribution < 1.29 is 18.5 Å². The Morgan fingerprint density at radius 1 is 1.11 bits per heavy atom. The van der Waals surface area contributed by atoms with Crippen molar-refractivity contribution in [3.63, 3.8) is 0 Å². The summed E-state index contributed by atoms with van der Waals surface area (Å²) in [5.74, 6) is -0.493. The second-order valence-electron chi connectivity index (χ2n) is 6.64. The summed E-state index contributed by atoms with van der Waals surface area (Å²) in [6.07, 6.45) is 0. The van der Waals surface area contributed by atoms with Crippen LogP contribution in [0, 0.1) is 11.6 Å². The molecular formula is C20H21F2N4OS+. The Morgan fingerprint density at radius 2 is 1.79 bits per heavy atom. The average Bonchev–Trinajstić information content (AvgIpc) is 3.10. The SMILES string of the molecule is C[C@H](c1nnc(SCC(=O)c2ccccc2F)n1-c1ccc(F)cc1)[NH+](C)C. The van der Waals surface area contributed by atoms with Crippen LogP contribution in [0.2, 0.25) is 0 Å². The van der Waals surface area contributed by atoms with E-state index in [1.54, 1.807) is 24.3 Å². The van der Waals surface area contributed by atoms with E-state index in [0.29, 0.717) is 16.7 Å².